The molecule has 0 saturated heterocycles. The van der Waals surface area contributed by atoms with E-state index in [1.165, 1.54) is 12.3 Å². The highest BCUT2D eigenvalue weighted by molar-refractivity contribution is 5.39. The zero-order valence-electron chi connectivity index (χ0n) is 12.1. The second-order valence-electron chi connectivity index (χ2n) is 5.56. The second kappa shape index (κ2) is 7.20. The van der Waals surface area contributed by atoms with E-state index in [-0.39, 0.29) is 30.2 Å². The number of hydrogen-bond donors (Lipinski definition) is 3. The smallest absolute Gasteiger partial charge is 0.231 e. The molecule has 110 valence electrons. The van der Waals surface area contributed by atoms with Gasteiger partial charge in [0.1, 0.15) is 24.3 Å². The van der Waals surface area contributed by atoms with Gasteiger partial charge in [0.2, 0.25) is 5.88 Å². The Hall–Kier alpha value is -1.68. The molecule has 1 heterocycles. The SMILES string of the molecule is CC(C)(C)NCC(O)COc1ncc(CO)cc1C#N. The van der Waals surface area contributed by atoms with Crippen LogP contribution in [0.4, 0.5) is 0 Å². The third kappa shape index (κ3) is 5.53. The Morgan fingerprint density at radius 1 is 1.50 bits per heavy atom. The highest BCUT2D eigenvalue weighted by Gasteiger charge is 2.14. The van der Waals surface area contributed by atoms with Gasteiger partial charge in [-0.1, -0.05) is 0 Å². The number of β-amino-alcohol motifs (C(OH)–C–C–N with tert-alkyl or cyclic N) is 1. The molecule has 1 rings (SSSR count). The summed E-state index contributed by atoms with van der Waals surface area (Å²) >= 11 is 0. The van der Waals surface area contributed by atoms with Crippen molar-refractivity contribution in [2.45, 2.75) is 39.0 Å². The summed E-state index contributed by atoms with van der Waals surface area (Å²) in [5.41, 5.74) is 0.705. The van der Waals surface area contributed by atoms with Crippen molar-refractivity contribution in [3.63, 3.8) is 0 Å². The molecule has 1 atom stereocenters. The number of aliphatic hydroxyl groups excluding tert-OH is 2. The van der Waals surface area contributed by atoms with Crippen LogP contribution in [0, 0.1) is 11.3 Å². The largest absolute Gasteiger partial charge is 0.474 e. The van der Waals surface area contributed by atoms with Crippen LogP contribution in [0.15, 0.2) is 12.3 Å². The molecule has 1 aromatic heterocycles. The molecule has 0 bridgehead atoms. The first-order valence-corrected chi connectivity index (χ1v) is 6.41. The van der Waals surface area contributed by atoms with Crippen LogP contribution in [0.1, 0.15) is 31.9 Å². The third-order valence-electron chi connectivity index (χ3n) is 2.49. The van der Waals surface area contributed by atoms with E-state index in [0.29, 0.717) is 12.1 Å². The average molecular weight is 279 g/mol. The lowest BCUT2D eigenvalue weighted by Gasteiger charge is -2.22. The number of aromatic nitrogens is 1. The van der Waals surface area contributed by atoms with Crippen molar-refractivity contribution >= 4 is 0 Å². The van der Waals surface area contributed by atoms with E-state index in [2.05, 4.69) is 10.3 Å². The Balaban J connectivity index is 2.55. The second-order valence-corrected chi connectivity index (χ2v) is 5.56. The topological polar surface area (TPSA) is 98.4 Å². The maximum Gasteiger partial charge on any atom is 0.231 e. The summed E-state index contributed by atoms with van der Waals surface area (Å²) in [6, 6.07) is 3.47. The molecule has 20 heavy (non-hydrogen) atoms. The molecule has 3 N–H and O–H groups in total. The summed E-state index contributed by atoms with van der Waals surface area (Å²) in [6.07, 6.45) is 0.746. The molecule has 6 heteroatoms. The minimum atomic E-state index is -0.694. The van der Waals surface area contributed by atoms with Crippen LogP contribution < -0.4 is 10.1 Å². The normalized spacial score (nSPS) is 12.8. The minimum Gasteiger partial charge on any atom is -0.474 e. The zero-order chi connectivity index (χ0) is 15.2. The van der Waals surface area contributed by atoms with E-state index in [0.717, 1.165) is 0 Å². The number of pyridine rings is 1. The maximum atomic E-state index is 9.80. The van der Waals surface area contributed by atoms with Crippen molar-refractivity contribution in [1.82, 2.24) is 10.3 Å². The number of hydrogen-bond acceptors (Lipinski definition) is 6. The molecule has 6 nitrogen and oxygen atoms in total. The summed E-state index contributed by atoms with van der Waals surface area (Å²) in [6.45, 7) is 6.26. The quantitative estimate of drug-likeness (QED) is 0.704. The van der Waals surface area contributed by atoms with Crippen LogP contribution in [0.3, 0.4) is 0 Å². The van der Waals surface area contributed by atoms with Crippen molar-refractivity contribution in [1.29, 1.82) is 5.26 Å². The molecular weight excluding hydrogens is 258 g/mol. The van der Waals surface area contributed by atoms with Gasteiger partial charge >= 0.3 is 0 Å². The van der Waals surface area contributed by atoms with E-state index in [9.17, 15) is 5.11 Å². The van der Waals surface area contributed by atoms with Gasteiger partial charge in [-0.25, -0.2) is 4.98 Å². The molecule has 0 radical (unpaired) electrons. The first kappa shape index (κ1) is 16.4. The lowest BCUT2D eigenvalue weighted by atomic mass is 10.1. The van der Waals surface area contributed by atoms with Gasteiger partial charge in [0.25, 0.3) is 0 Å². The number of aliphatic hydroxyl groups is 2. The standard InChI is InChI=1S/C14H21N3O3/c1-14(2,3)17-7-12(19)9-20-13-11(5-15)4-10(8-18)6-16-13/h4,6,12,17-19H,7-9H2,1-3H3. The minimum absolute atomic E-state index is 0.0449. The molecule has 0 amide bonds. The monoisotopic (exact) mass is 279 g/mol. The number of rotatable bonds is 6. The van der Waals surface area contributed by atoms with Crippen LogP contribution in [0.2, 0.25) is 0 Å². The van der Waals surface area contributed by atoms with Crippen molar-refractivity contribution in [2.75, 3.05) is 13.2 Å². The summed E-state index contributed by atoms with van der Waals surface area (Å²) in [4.78, 5) is 3.96. The fraction of sp³-hybridized carbons (Fsp3) is 0.571. The van der Waals surface area contributed by atoms with Gasteiger partial charge in [-0.15, -0.1) is 0 Å². The number of ether oxygens (including phenoxy) is 1. The molecule has 0 aliphatic rings. The van der Waals surface area contributed by atoms with Crippen LogP contribution in [0.25, 0.3) is 0 Å². The molecule has 0 saturated carbocycles. The summed E-state index contributed by atoms with van der Waals surface area (Å²) in [5, 5.41) is 30.9. The van der Waals surface area contributed by atoms with Gasteiger partial charge in [-0.05, 0) is 32.4 Å². The van der Waals surface area contributed by atoms with Crippen molar-refractivity contribution in [3.05, 3.63) is 23.4 Å². The molecule has 0 fully saturated rings. The predicted molar refractivity (Wildman–Crippen MR) is 74.1 cm³/mol. The molecule has 0 spiro atoms. The summed E-state index contributed by atoms with van der Waals surface area (Å²) in [5.74, 6) is 0.166. The molecule has 0 aliphatic heterocycles. The summed E-state index contributed by atoms with van der Waals surface area (Å²) < 4.78 is 5.35. The van der Waals surface area contributed by atoms with Crippen molar-refractivity contribution in [3.8, 4) is 11.9 Å². The predicted octanol–water partition coefficient (Wildman–Crippen LogP) is 0.573. The van der Waals surface area contributed by atoms with Gasteiger partial charge in [0, 0.05) is 18.3 Å². The van der Waals surface area contributed by atoms with Gasteiger partial charge in [0.05, 0.1) is 6.61 Å². The van der Waals surface area contributed by atoms with Gasteiger partial charge in [-0.2, -0.15) is 5.26 Å². The van der Waals surface area contributed by atoms with E-state index in [4.69, 9.17) is 15.1 Å². The van der Waals surface area contributed by atoms with Crippen LogP contribution in [0.5, 0.6) is 5.88 Å². The Morgan fingerprint density at radius 2 is 2.20 bits per heavy atom. The Morgan fingerprint density at radius 3 is 2.75 bits per heavy atom. The Labute approximate surface area is 119 Å². The van der Waals surface area contributed by atoms with Gasteiger partial charge < -0.3 is 20.3 Å². The van der Waals surface area contributed by atoms with Crippen LogP contribution in [-0.2, 0) is 6.61 Å². The average Bonchev–Trinajstić information content (AvgIpc) is 2.41. The molecular formula is C14H21N3O3. The molecule has 0 aromatic carbocycles. The Kier molecular flexibility index (Phi) is 5.89. The summed E-state index contributed by atoms with van der Waals surface area (Å²) in [7, 11) is 0. The van der Waals surface area contributed by atoms with Crippen molar-refractivity contribution in [2.24, 2.45) is 0 Å². The van der Waals surface area contributed by atoms with E-state index >= 15 is 0 Å². The van der Waals surface area contributed by atoms with Gasteiger partial charge in [-0.3, -0.25) is 0 Å². The van der Waals surface area contributed by atoms with E-state index < -0.39 is 6.10 Å². The highest BCUT2D eigenvalue weighted by Crippen LogP contribution is 2.15. The fourth-order valence-corrected chi connectivity index (χ4v) is 1.44. The van der Waals surface area contributed by atoms with Crippen molar-refractivity contribution < 1.29 is 14.9 Å². The number of nitrogens with one attached hydrogen (secondary N) is 1. The molecule has 1 unspecified atom stereocenters. The first-order chi connectivity index (χ1) is 9.35. The maximum absolute atomic E-state index is 9.80. The fourth-order valence-electron chi connectivity index (χ4n) is 1.44. The number of nitrogens with zero attached hydrogens (tertiary/aromatic N) is 2. The Bertz CT molecular complexity index is 478. The third-order valence-corrected chi connectivity index (χ3v) is 2.49. The molecule has 1 aromatic rings. The van der Waals surface area contributed by atoms with Crippen LogP contribution >= 0.6 is 0 Å². The zero-order valence-corrected chi connectivity index (χ0v) is 12.1. The van der Waals surface area contributed by atoms with Crippen LogP contribution in [-0.4, -0.2) is 40.0 Å². The van der Waals surface area contributed by atoms with Gasteiger partial charge in [0.15, 0.2) is 0 Å². The van der Waals surface area contributed by atoms with E-state index in [1.54, 1.807) is 0 Å². The lowest BCUT2D eigenvalue weighted by molar-refractivity contribution is 0.0975. The highest BCUT2D eigenvalue weighted by atomic mass is 16.5. The number of nitriles is 1. The molecule has 0 aliphatic carbocycles. The lowest BCUT2D eigenvalue weighted by Crippen LogP contribution is -2.42. The first-order valence-electron chi connectivity index (χ1n) is 6.41. The van der Waals surface area contributed by atoms with E-state index in [1.807, 2.05) is 26.8 Å².